The summed E-state index contributed by atoms with van der Waals surface area (Å²) >= 11 is 0. The highest BCUT2D eigenvalue weighted by Gasteiger charge is 2.26. The smallest absolute Gasteiger partial charge is 0.155 e. The van der Waals surface area contributed by atoms with Crippen molar-refractivity contribution in [1.29, 1.82) is 0 Å². The predicted octanol–water partition coefficient (Wildman–Crippen LogP) is 2.49. The Hall–Kier alpha value is -2.21. The summed E-state index contributed by atoms with van der Waals surface area (Å²) in [4.78, 5) is 7.34. The Morgan fingerprint density at radius 3 is 3.09 bits per heavy atom. The number of piperidine rings is 1. The monoisotopic (exact) mass is 296 g/mol. The van der Waals surface area contributed by atoms with Crippen LogP contribution in [0.15, 0.2) is 30.6 Å². The number of nitrogens with zero attached hydrogens (tertiary/aromatic N) is 5. The van der Waals surface area contributed by atoms with E-state index in [0.717, 1.165) is 42.2 Å². The molecule has 4 rings (SSSR count). The highest BCUT2D eigenvalue weighted by atomic mass is 15.3. The van der Waals surface area contributed by atoms with Crippen LogP contribution in [0, 0.1) is 6.92 Å². The van der Waals surface area contributed by atoms with Crippen LogP contribution in [0.25, 0.3) is 5.65 Å². The summed E-state index contributed by atoms with van der Waals surface area (Å²) in [7, 11) is 0. The Morgan fingerprint density at radius 2 is 2.23 bits per heavy atom. The van der Waals surface area contributed by atoms with E-state index >= 15 is 0 Å². The van der Waals surface area contributed by atoms with Crippen LogP contribution in [0.1, 0.15) is 42.4 Å². The van der Waals surface area contributed by atoms with E-state index in [1.165, 1.54) is 12.8 Å². The van der Waals surface area contributed by atoms with Gasteiger partial charge in [-0.25, -0.2) is 9.50 Å². The lowest BCUT2D eigenvalue weighted by molar-refractivity contribution is 0.135. The van der Waals surface area contributed by atoms with Gasteiger partial charge in [0.15, 0.2) is 5.65 Å². The molecule has 1 N–H and O–H groups in total. The summed E-state index contributed by atoms with van der Waals surface area (Å²) in [5.41, 5.74) is 4.39. The molecule has 3 aromatic rings. The van der Waals surface area contributed by atoms with E-state index in [2.05, 4.69) is 33.2 Å². The number of aryl methyl sites for hydroxylation is 1. The lowest BCUT2D eigenvalue weighted by Gasteiger charge is -2.35. The Balaban J connectivity index is 1.67. The summed E-state index contributed by atoms with van der Waals surface area (Å²) in [6, 6.07) is 6.56. The van der Waals surface area contributed by atoms with Crippen molar-refractivity contribution >= 4 is 5.65 Å². The minimum atomic E-state index is 0.371. The van der Waals surface area contributed by atoms with Crippen LogP contribution in [-0.2, 0) is 6.54 Å². The fourth-order valence-electron chi connectivity index (χ4n) is 3.37. The maximum atomic E-state index is 4.83. The zero-order valence-electron chi connectivity index (χ0n) is 12.7. The van der Waals surface area contributed by atoms with Crippen LogP contribution in [0.3, 0.4) is 0 Å². The SMILES string of the molecule is Cc1cc([C@H]2CCCCN2Cc2ccn[nH]2)nc2ccnn12. The molecule has 1 fully saturated rings. The first-order valence-electron chi connectivity index (χ1n) is 7.85. The number of aromatic amines is 1. The molecule has 0 bridgehead atoms. The van der Waals surface area contributed by atoms with E-state index < -0.39 is 0 Å². The molecule has 114 valence electrons. The second-order valence-corrected chi connectivity index (χ2v) is 5.99. The van der Waals surface area contributed by atoms with Crippen molar-refractivity contribution in [1.82, 2.24) is 29.7 Å². The van der Waals surface area contributed by atoms with Gasteiger partial charge in [-0.05, 0) is 38.4 Å². The molecule has 1 aliphatic rings. The fraction of sp³-hybridized carbons (Fsp3) is 0.438. The molecular weight excluding hydrogens is 276 g/mol. The standard InChI is InChI=1S/C16H20N6/c1-12-10-14(19-16-6-8-18-22(12)16)15-4-2-3-9-21(15)11-13-5-7-17-20-13/h5-8,10,15H,2-4,9,11H2,1H3,(H,17,20)/t15-/m1/s1. The van der Waals surface area contributed by atoms with E-state index in [9.17, 15) is 0 Å². The first-order valence-corrected chi connectivity index (χ1v) is 7.85. The van der Waals surface area contributed by atoms with Gasteiger partial charge >= 0.3 is 0 Å². The van der Waals surface area contributed by atoms with Gasteiger partial charge in [0.25, 0.3) is 0 Å². The van der Waals surface area contributed by atoms with Gasteiger partial charge in [-0.1, -0.05) is 6.42 Å². The molecule has 0 radical (unpaired) electrons. The van der Waals surface area contributed by atoms with Gasteiger partial charge in [0.05, 0.1) is 17.9 Å². The van der Waals surface area contributed by atoms with E-state index in [1.807, 2.05) is 29.0 Å². The highest BCUT2D eigenvalue weighted by molar-refractivity contribution is 5.39. The highest BCUT2D eigenvalue weighted by Crippen LogP contribution is 2.31. The van der Waals surface area contributed by atoms with Crippen molar-refractivity contribution in [2.75, 3.05) is 6.54 Å². The lowest BCUT2D eigenvalue weighted by atomic mass is 9.98. The number of likely N-dealkylation sites (tertiary alicyclic amines) is 1. The molecule has 1 saturated heterocycles. The van der Waals surface area contributed by atoms with Crippen molar-refractivity contribution in [2.45, 2.75) is 38.8 Å². The molecule has 0 spiro atoms. The van der Waals surface area contributed by atoms with Gasteiger partial charge in [-0.3, -0.25) is 10.00 Å². The van der Waals surface area contributed by atoms with E-state index in [0.29, 0.717) is 6.04 Å². The van der Waals surface area contributed by atoms with Gasteiger partial charge in [0, 0.05) is 30.2 Å². The molecule has 0 unspecified atom stereocenters. The lowest BCUT2D eigenvalue weighted by Crippen LogP contribution is -2.33. The maximum Gasteiger partial charge on any atom is 0.155 e. The molecule has 6 heteroatoms. The molecule has 0 aromatic carbocycles. The fourth-order valence-corrected chi connectivity index (χ4v) is 3.37. The van der Waals surface area contributed by atoms with Gasteiger partial charge in [-0.15, -0.1) is 0 Å². The molecule has 0 saturated carbocycles. The van der Waals surface area contributed by atoms with Crippen LogP contribution in [0.2, 0.25) is 0 Å². The third kappa shape index (κ3) is 2.39. The average Bonchev–Trinajstić information content (AvgIpc) is 3.19. The Morgan fingerprint density at radius 1 is 1.27 bits per heavy atom. The normalized spacial score (nSPS) is 19.8. The Kier molecular flexibility index (Phi) is 3.38. The largest absolute Gasteiger partial charge is 0.289 e. The molecule has 3 aromatic heterocycles. The second kappa shape index (κ2) is 5.53. The first-order chi connectivity index (χ1) is 10.8. The van der Waals surface area contributed by atoms with Crippen molar-refractivity contribution in [3.63, 3.8) is 0 Å². The molecular formula is C16H20N6. The molecule has 22 heavy (non-hydrogen) atoms. The van der Waals surface area contributed by atoms with Crippen LogP contribution >= 0.6 is 0 Å². The Bertz CT molecular complexity index is 760. The van der Waals surface area contributed by atoms with Crippen molar-refractivity contribution in [3.05, 3.63) is 47.7 Å². The third-order valence-corrected chi connectivity index (χ3v) is 4.44. The molecule has 1 aliphatic heterocycles. The molecule has 4 heterocycles. The number of nitrogens with one attached hydrogen (secondary N) is 1. The number of aromatic nitrogens is 5. The quantitative estimate of drug-likeness (QED) is 0.806. The average molecular weight is 296 g/mol. The number of hydrogen-bond acceptors (Lipinski definition) is 4. The van der Waals surface area contributed by atoms with Crippen LogP contribution in [-0.4, -0.2) is 36.2 Å². The number of H-pyrrole nitrogens is 1. The number of rotatable bonds is 3. The topological polar surface area (TPSA) is 62.1 Å². The molecule has 0 amide bonds. The maximum absolute atomic E-state index is 4.83. The van der Waals surface area contributed by atoms with Crippen molar-refractivity contribution < 1.29 is 0 Å². The third-order valence-electron chi connectivity index (χ3n) is 4.44. The van der Waals surface area contributed by atoms with Gasteiger partial charge in [-0.2, -0.15) is 10.2 Å². The zero-order chi connectivity index (χ0) is 14.9. The van der Waals surface area contributed by atoms with Gasteiger partial charge in [0.1, 0.15) is 0 Å². The second-order valence-electron chi connectivity index (χ2n) is 5.99. The summed E-state index contributed by atoms with van der Waals surface area (Å²) in [5, 5.41) is 11.4. The van der Waals surface area contributed by atoms with Gasteiger partial charge < -0.3 is 0 Å². The minimum Gasteiger partial charge on any atom is -0.289 e. The zero-order valence-corrected chi connectivity index (χ0v) is 12.7. The minimum absolute atomic E-state index is 0.371. The summed E-state index contributed by atoms with van der Waals surface area (Å²) in [6.07, 6.45) is 7.29. The predicted molar refractivity (Wildman–Crippen MR) is 83.3 cm³/mol. The van der Waals surface area contributed by atoms with Crippen molar-refractivity contribution in [2.24, 2.45) is 0 Å². The van der Waals surface area contributed by atoms with E-state index in [1.54, 1.807) is 0 Å². The van der Waals surface area contributed by atoms with E-state index in [-0.39, 0.29) is 0 Å². The molecule has 1 atom stereocenters. The van der Waals surface area contributed by atoms with Gasteiger partial charge in [0.2, 0.25) is 0 Å². The Labute approximate surface area is 129 Å². The summed E-state index contributed by atoms with van der Waals surface area (Å²) < 4.78 is 1.89. The summed E-state index contributed by atoms with van der Waals surface area (Å²) in [6.45, 7) is 4.10. The van der Waals surface area contributed by atoms with Crippen LogP contribution < -0.4 is 0 Å². The van der Waals surface area contributed by atoms with Crippen molar-refractivity contribution in [3.8, 4) is 0 Å². The van der Waals surface area contributed by atoms with Crippen LogP contribution in [0.4, 0.5) is 0 Å². The molecule has 0 aliphatic carbocycles. The van der Waals surface area contributed by atoms with E-state index in [4.69, 9.17) is 4.98 Å². The summed E-state index contributed by atoms with van der Waals surface area (Å²) in [5.74, 6) is 0. The number of fused-ring (bicyclic) bond motifs is 1. The first kappa shape index (κ1) is 13.5. The van der Waals surface area contributed by atoms with Crippen LogP contribution in [0.5, 0.6) is 0 Å². The molecule has 6 nitrogen and oxygen atoms in total. The number of hydrogen-bond donors (Lipinski definition) is 1.